The smallest absolute Gasteiger partial charge is 0.264 e. The van der Waals surface area contributed by atoms with Crippen LogP contribution in [0.1, 0.15) is 0 Å². The molecule has 2 aromatic heterocycles. The van der Waals surface area contributed by atoms with Gasteiger partial charge in [-0.1, -0.05) is 194 Å². The Hall–Kier alpha value is -13.0. The summed E-state index contributed by atoms with van der Waals surface area (Å²) < 4.78 is 23.1. The molecule has 0 fully saturated rings. The van der Waals surface area contributed by atoms with Crippen LogP contribution in [0.3, 0.4) is 0 Å². The molecule has 0 aliphatic carbocycles. The summed E-state index contributed by atoms with van der Waals surface area (Å²) in [6, 6.07) is 128. The van der Waals surface area contributed by atoms with Crippen LogP contribution in [0.25, 0.3) is 20.2 Å². The third-order valence-electron chi connectivity index (χ3n) is 22.7. The van der Waals surface area contributed by atoms with Crippen molar-refractivity contribution in [3.8, 4) is 23.0 Å². The number of ether oxygens (including phenoxy) is 2. The molecule has 0 amide bonds. The molecule has 0 atom stereocenters. The number of rotatable bonds is 12. The highest BCUT2D eigenvalue weighted by molar-refractivity contribution is 8.00. The van der Waals surface area contributed by atoms with E-state index in [1.54, 1.807) is 11.9 Å². The Morgan fingerprint density at radius 1 is 0.300 bits per heavy atom. The van der Waals surface area contributed by atoms with E-state index >= 15 is 0 Å². The summed E-state index contributed by atoms with van der Waals surface area (Å²) in [6.45, 7) is -0.716. The molecule has 0 saturated heterocycles. The van der Waals surface area contributed by atoms with Crippen LogP contribution in [-0.2, 0) is 0 Å². The van der Waals surface area contributed by atoms with Crippen LogP contribution in [0.2, 0.25) is 0 Å². The molecule has 1 N–H and O–H groups in total. The van der Waals surface area contributed by atoms with Crippen molar-refractivity contribution in [2.45, 2.75) is 0 Å². The van der Waals surface area contributed by atoms with Gasteiger partial charge < -0.3 is 39.3 Å². The number of benzene rings is 15. The summed E-state index contributed by atoms with van der Waals surface area (Å²) in [5.74, 6) is 3.09. The van der Waals surface area contributed by atoms with Crippen molar-refractivity contribution in [1.82, 2.24) is 0 Å². The molecule has 0 spiro atoms. The highest BCUT2D eigenvalue weighted by atomic mass is 32.2. The Kier molecular flexibility index (Phi) is 14.4. The van der Waals surface area contributed by atoms with Crippen molar-refractivity contribution in [1.29, 1.82) is 0 Å². The number of fused-ring (bicyclic) bond motifs is 16. The molecule has 23 rings (SSSR count). The third-order valence-corrected chi connectivity index (χ3v) is 25.9. The van der Waals surface area contributed by atoms with Crippen molar-refractivity contribution in [3.63, 3.8) is 0 Å². The Bertz CT molecular complexity index is 6450. The van der Waals surface area contributed by atoms with Gasteiger partial charge in [0.1, 0.15) is 23.0 Å². The van der Waals surface area contributed by atoms with Crippen molar-refractivity contribution in [2.24, 2.45) is 0 Å². The zero-order valence-electron chi connectivity index (χ0n) is 59.4. The molecule has 0 bridgehead atoms. The maximum Gasteiger partial charge on any atom is 0.264 e. The van der Waals surface area contributed by atoms with Crippen LogP contribution >= 0.6 is 34.6 Å². The van der Waals surface area contributed by atoms with Crippen LogP contribution in [0.5, 0.6) is 23.0 Å². The first-order chi connectivity index (χ1) is 54.5. The van der Waals surface area contributed by atoms with Gasteiger partial charge in [0, 0.05) is 134 Å². The van der Waals surface area contributed by atoms with Crippen molar-refractivity contribution in [3.05, 3.63) is 352 Å². The Balaban J connectivity index is 0.780. The van der Waals surface area contributed by atoms with Gasteiger partial charge in [-0.25, -0.2) is 0 Å². The molecule has 6 aliphatic rings. The number of nitrogens with zero attached hydrogens (tertiary/aromatic N) is 6. The predicted molar refractivity (Wildman–Crippen MR) is 469 cm³/mol. The number of thiophene rings is 2. The van der Waals surface area contributed by atoms with E-state index in [1.165, 1.54) is 63.0 Å². The lowest BCUT2D eigenvalue weighted by molar-refractivity contribution is 0.465. The standard InChI is InChI=1S/C95H62B3N7O2S3/c1-108-105-79-59-84-76(57-74(79)98-90-81(104(67-44-24-9-25-45-67)93-72-47-27-29-49-88(72)110-95(93)98)52-69(53-82(90)105)101(62-34-14-4-15-35-62)63-36-16-5-17-37-63)96-75-56-73-77(58-83(75)106-85-54-70(55-86(107-84)91(85)96)102(64-38-18-6-19-39-64)65-40-20-7-21-41-65)99-78-50-68(100(60-30-10-2-11-31-60)61-32-12-3-13-33-61)51-80-89(78)97(73)94-92(71-46-26-28-48-87(71)109-94)103(80)66-42-22-8-23-43-66/h2-59,99H,1H3. The van der Waals surface area contributed by atoms with Crippen LogP contribution < -0.4 is 91.4 Å². The first-order valence-electron chi connectivity index (χ1n) is 37.3. The molecule has 15 heteroatoms. The lowest BCUT2D eigenvalue weighted by atomic mass is 9.31. The maximum absolute atomic E-state index is 7.80. The van der Waals surface area contributed by atoms with E-state index in [1.807, 2.05) is 22.7 Å². The van der Waals surface area contributed by atoms with E-state index in [2.05, 4.69) is 392 Å². The first kappa shape index (κ1) is 63.1. The molecular weight excluding hydrogens is 1400 g/mol. The summed E-state index contributed by atoms with van der Waals surface area (Å²) in [6.07, 6.45) is 2.22. The fourth-order valence-corrected chi connectivity index (χ4v) is 21.6. The van der Waals surface area contributed by atoms with E-state index in [0.717, 1.165) is 136 Å². The molecule has 9 nitrogen and oxygen atoms in total. The molecule has 110 heavy (non-hydrogen) atoms. The van der Waals surface area contributed by atoms with Crippen LogP contribution in [0, 0.1) is 0 Å². The van der Waals surface area contributed by atoms with Gasteiger partial charge >= 0.3 is 0 Å². The molecule has 0 saturated carbocycles. The fraction of sp³-hybridized carbons (Fsp3) is 0.0105. The highest BCUT2D eigenvalue weighted by Crippen LogP contribution is 2.54. The molecule has 0 unspecified atom stereocenters. The second-order valence-electron chi connectivity index (χ2n) is 28.7. The van der Waals surface area contributed by atoms with Crippen LogP contribution in [-0.4, -0.2) is 26.4 Å². The zero-order valence-corrected chi connectivity index (χ0v) is 61.9. The number of hydrogen-bond acceptors (Lipinski definition) is 12. The topological polar surface area (TPSA) is 49.9 Å². The minimum Gasteiger partial charge on any atom is -0.458 e. The largest absolute Gasteiger partial charge is 0.458 e. The minimum absolute atomic E-state index is 0.183. The second kappa shape index (κ2) is 25.0. The number of hydrogen-bond donors (Lipinski definition) is 1. The fourth-order valence-electron chi connectivity index (χ4n) is 18.2. The van der Waals surface area contributed by atoms with Gasteiger partial charge in [0.25, 0.3) is 20.1 Å². The lowest BCUT2D eigenvalue weighted by Gasteiger charge is -2.44. The Morgan fingerprint density at radius 2 is 0.673 bits per heavy atom. The summed E-state index contributed by atoms with van der Waals surface area (Å²) in [5, 5.41) is 6.66. The van der Waals surface area contributed by atoms with E-state index < -0.39 is 0 Å². The van der Waals surface area contributed by atoms with Gasteiger partial charge in [-0.3, -0.25) is 4.31 Å². The summed E-state index contributed by atoms with van der Waals surface area (Å²) in [7, 11) is 0. The number of para-hydroxylation sites is 8. The number of nitrogens with one attached hydrogen (secondary N) is 1. The molecule has 15 aromatic carbocycles. The highest BCUT2D eigenvalue weighted by Gasteiger charge is 2.51. The SMILES string of the molecule is CSN1c2cc3c(cc2B2c4sc5ccccc5c4N(c4ccccc4)c4cc(N(c5ccccc5)c5ccccc5)cc1c42)B1c2cc4c(cc2Oc2cc(N(c5ccccc5)c5ccccc5)cc(c21)O3)Nc1cc(N(c2ccccc2)c2ccccc2)cc2c1B4c1sc3ccccc3c1N2c1ccccc1. The first-order valence-corrected chi connectivity index (χ1v) is 40.2. The van der Waals surface area contributed by atoms with E-state index in [4.69, 9.17) is 9.47 Å². The lowest BCUT2D eigenvalue weighted by Crippen LogP contribution is -2.64. The molecule has 0 radical (unpaired) electrons. The van der Waals surface area contributed by atoms with Crippen LogP contribution in [0.15, 0.2) is 352 Å². The predicted octanol–water partition coefficient (Wildman–Crippen LogP) is 20.6. The minimum atomic E-state index is -0.346. The summed E-state index contributed by atoms with van der Waals surface area (Å²) in [4.78, 5) is 12.2. The van der Waals surface area contributed by atoms with Gasteiger partial charge in [-0.15, -0.1) is 22.7 Å². The Labute approximate surface area is 650 Å². The van der Waals surface area contributed by atoms with Crippen molar-refractivity contribution in [2.75, 3.05) is 40.4 Å². The molecule has 17 aromatic rings. The number of anilines is 19. The van der Waals surface area contributed by atoms with Gasteiger partial charge in [0.2, 0.25) is 0 Å². The van der Waals surface area contributed by atoms with Crippen LogP contribution in [0.4, 0.5) is 108 Å². The van der Waals surface area contributed by atoms with E-state index in [-0.39, 0.29) is 20.1 Å². The Morgan fingerprint density at radius 3 is 1.13 bits per heavy atom. The average Bonchev–Trinajstić information content (AvgIpc) is 1.00. The average molecular weight is 1460 g/mol. The second-order valence-corrected chi connectivity index (χ2v) is 31.6. The van der Waals surface area contributed by atoms with Gasteiger partial charge in [-0.2, -0.15) is 0 Å². The van der Waals surface area contributed by atoms with Crippen molar-refractivity contribution < 1.29 is 9.47 Å². The summed E-state index contributed by atoms with van der Waals surface area (Å²) in [5.41, 5.74) is 28.5. The molecule has 516 valence electrons. The maximum atomic E-state index is 7.80. The normalized spacial score (nSPS) is 13.3. The molecule has 8 heterocycles. The van der Waals surface area contributed by atoms with E-state index in [9.17, 15) is 0 Å². The van der Waals surface area contributed by atoms with Gasteiger partial charge in [0.15, 0.2) is 0 Å². The third kappa shape index (κ3) is 9.64. The van der Waals surface area contributed by atoms with Gasteiger partial charge in [-0.05, 0) is 178 Å². The quantitative estimate of drug-likeness (QED) is 0.0946. The van der Waals surface area contributed by atoms with Gasteiger partial charge in [0.05, 0.1) is 39.8 Å². The van der Waals surface area contributed by atoms with Crippen molar-refractivity contribution >= 4 is 231 Å². The summed E-state index contributed by atoms with van der Waals surface area (Å²) >= 11 is 5.56. The zero-order chi connectivity index (χ0) is 72.2. The molecule has 6 aliphatic heterocycles. The molecular formula is C95H62B3N7O2S3. The van der Waals surface area contributed by atoms with E-state index in [0.29, 0.717) is 0 Å². The monoisotopic (exact) mass is 1460 g/mol.